The first-order valence-corrected chi connectivity index (χ1v) is 12.3. The van der Waals surface area contributed by atoms with Crippen LogP contribution in [-0.2, 0) is 29.0 Å². The van der Waals surface area contributed by atoms with Gasteiger partial charge in [0, 0.05) is 19.0 Å². The van der Waals surface area contributed by atoms with Gasteiger partial charge in [-0.1, -0.05) is 78.7 Å². The zero-order chi connectivity index (χ0) is 25.4. The molecule has 7 heteroatoms. The summed E-state index contributed by atoms with van der Waals surface area (Å²) in [6.45, 7) is 4.09. The van der Waals surface area contributed by atoms with Gasteiger partial charge in [0.15, 0.2) is 0 Å². The fourth-order valence-corrected chi connectivity index (χ4v) is 4.03. The highest BCUT2D eigenvalue weighted by atomic mass is 35.5. The summed E-state index contributed by atoms with van der Waals surface area (Å²) in [7, 11) is 0. The van der Waals surface area contributed by atoms with Crippen molar-refractivity contribution < 1.29 is 14.0 Å². The van der Waals surface area contributed by atoms with Gasteiger partial charge in [-0.3, -0.25) is 9.59 Å². The molecule has 0 bridgehead atoms. The van der Waals surface area contributed by atoms with Crippen LogP contribution in [0.2, 0.25) is 10.0 Å². The van der Waals surface area contributed by atoms with Gasteiger partial charge in [0.25, 0.3) is 0 Å². The summed E-state index contributed by atoms with van der Waals surface area (Å²) in [5.41, 5.74) is 2.35. The molecule has 0 saturated heterocycles. The fraction of sp³-hybridized carbons (Fsp3) is 0.286. The predicted octanol–water partition coefficient (Wildman–Crippen LogP) is 6.23. The van der Waals surface area contributed by atoms with E-state index in [-0.39, 0.29) is 36.6 Å². The third-order valence-electron chi connectivity index (χ3n) is 5.88. The smallest absolute Gasteiger partial charge is 0.243 e. The van der Waals surface area contributed by atoms with E-state index in [4.69, 9.17) is 23.2 Å². The summed E-state index contributed by atoms with van der Waals surface area (Å²) in [5.74, 6) is -0.845. The van der Waals surface area contributed by atoms with Crippen LogP contribution in [0.1, 0.15) is 37.0 Å². The molecule has 0 fully saturated rings. The van der Waals surface area contributed by atoms with Gasteiger partial charge in [-0.2, -0.15) is 0 Å². The minimum Gasteiger partial charge on any atom is -0.352 e. The van der Waals surface area contributed by atoms with Gasteiger partial charge in [0.1, 0.15) is 11.9 Å². The van der Waals surface area contributed by atoms with Crippen molar-refractivity contribution in [2.45, 2.75) is 51.7 Å². The molecule has 0 radical (unpaired) electrons. The molecule has 0 aromatic heterocycles. The molecule has 35 heavy (non-hydrogen) atoms. The van der Waals surface area contributed by atoms with Gasteiger partial charge in [-0.25, -0.2) is 4.39 Å². The van der Waals surface area contributed by atoms with E-state index in [0.717, 1.165) is 17.5 Å². The molecular formula is C28H29Cl2FN2O2. The lowest BCUT2D eigenvalue weighted by atomic mass is 10.0. The summed E-state index contributed by atoms with van der Waals surface area (Å²) in [4.78, 5) is 28.7. The minimum absolute atomic E-state index is 0.0313. The van der Waals surface area contributed by atoms with Crippen molar-refractivity contribution >= 4 is 35.0 Å². The third-order valence-corrected chi connectivity index (χ3v) is 6.62. The highest BCUT2D eigenvalue weighted by Gasteiger charge is 2.31. The Hall–Kier alpha value is -2.89. The van der Waals surface area contributed by atoms with Crippen LogP contribution < -0.4 is 5.32 Å². The first kappa shape index (κ1) is 26.7. The van der Waals surface area contributed by atoms with E-state index in [1.807, 2.05) is 44.2 Å². The summed E-state index contributed by atoms with van der Waals surface area (Å²) < 4.78 is 13.4. The molecule has 1 N–H and O–H groups in total. The molecule has 0 heterocycles. The molecule has 0 aliphatic carbocycles. The monoisotopic (exact) mass is 514 g/mol. The predicted molar refractivity (Wildman–Crippen MR) is 139 cm³/mol. The number of hydrogen-bond acceptors (Lipinski definition) is 2. The molecule has 0 aliphatic rings. The largest absolute Gasteiger partial charge is 0.352 e. The van der Waals surface area contributed by atoms with Gasteiger partial charge < -0.3 is 10.2 Å². The van der Waals surface area contributed by atoms with Crippen molar-refractivity contribution in [2.75, 3.05) is 0 Å². The highest BCUT2D eigenvalue weighted by molar-refractivity contribution is 6.42. The van der Waals surface area contributed by atoms with Crippen LogP contribution in [-0.4, -0.2) is 28.8 Å². The summed E-state index contributed by atoms with van der Waals surface area (Å²) in [6, 6.07) is 19.8. The number of carbonyl (C=O) groups excluding carboxylic acids is 2. The summed E-state index contributed by atoms with van der Waals surface area (Å²) >= 11 is 12.3. The molecule has 2 amide bonds. The van der Waals surface area contributed by atoms with E-state index in [9.17, 15) is 14.0 Å². The van der Waals surface area contributed by atoms with Crippen molar-refractivity contribution in [1.29, 1.82) is 0 Å². The maximum Gasteiger partial charge on any atom is 0.243 e. The molecule has 2 atom stereocenters. The Bertz CT molecular complexity index is 1140. The fourth-order valence-electron chi connectivity index (χ4n) is 3.71. The van der Waals surface area contributed by atoms with E-state index >= 15 is 0 Å². The molecular weight excluding hydrogens is 486 g/mol. The average molecular weight is 515 g/mol. The lowest BCUT2D eigenvalue weighted by Gasteiger charge is -2.32. The van der Waals surface area contributed by atoms with Crippen molar-refractivity contribution in [3.8, 4) is 0 Å². The van der Waals surface area contributed by atoms with Crippen molar-refractivity contribution in [3.05, 3.63) is 105 Å². The maximum absolute atomic E-state index is 13.6. The second-order valence-corrected chi connectivity index (χ2v) is 9.41. The number of hydrogen-bond donors (Lipinski definition) is 1. The van der Waals surface area contributed by atoms with Crippen LogP contribution in [0.3, 0.4) is 0 Å². The first-order valence-electron chi connectivity index (χ1n) is 11.6. The summed E-state index contributed by atoms with van der Waals surface area (Å²) in [5, 5.41) is 3.82. The van der Waals surface area contributed by atoms with E-state index in [1.165, 1.54) is 12.1 Å². The number of benzene rings is 3. The number of halogens is 3. The van der Waals surface area contributed by atoms with Crippen LogP contribution in [0, 0.1) is 5.82 Å². The maximum atomic E-state index is 13.6. The zero-order valence-electron chi connectivity index (χ0n) is 19.8. The van der Waals surface area contributed by atoms with E-state index in [0.29, 0.717) is 22.0 Å². The van der Waals surface area contributed by atoms with E-state index in [1.54, 1.807) is 35.2 Å². The SMILES string of the molecule is CC[C@H](C)NC(=O)[C@@H](Cc1ccccc1)N(Cc1ccc(Cl)c(Cl)c1)C(=O)Cc1ccc(F)cc1. The van der Waals surface area contributed by atoms with Gasteiger partial charge >= 0.3 is 0 Å². The molecule has 0 spiro atoms. The van der Waals surface area contributed by atoms with Crippen LogP contribution in [0.5, 0.6) is 0 Å². The van der Waals surface area contributed by atoms with Gasteiger partial charge in [-0.15, -0.1) is 0 Å². The third kappa shape index (κ3) is 7.81. The quantitative estimate of drug-likeness (QED) is 0.348. The molecule has 3 aromatic rings. The Morgan fingerprint density at radius 3 is 2.20 bits per heavy atom. The summed E-state index contributed by atoms with van der Waals surface area (Å²) in [6.07, 6.45) is 1.14. The lowest BCUT2D eigenvalue weighted by molar-refractivity contribution is -0.141. The Morgan fingerprint density at radius 1 is 0.914 bits per heavy atom. The molecule has 0 aliphatic heterocycles. The van der Waals surface area contributed by atoms with Crippen LogP contribution >= 0.6 is 23.2 Å². The highest BCUT2D eigenvalue weighted by Crippen LogP contribution is 2.24. The topological polar surface area (TPSA) is 49.4 Å². The molecule has 184 valence electrons. The number of amides is 2. The minimum atomic E-state index is -0.756. The number of nitrogens with zero attached hydrogens (tertiary/aromatic N) is 1. The molecule has 4 nitrogen and oxygen atoms in total. The normalized spacial score (nSPS) is 12.6. The average Bonchev–Trinajstić information content (AvgIpc) is 2.85. The number of nitrogens with one attached hydrogen (secondary N) is 1. The first-order chi connectivity index (χ1) is 16.8. The van der Waals surface area contributed by atoms with Crippen LogP contribution in [0.15, 0.2) is 72.8 Å². The van der Waals surface area contributed by atoms with Gasteiger partial charge in [0.05, 0.1) is 16.5 Å². The molecule has 3 rings (SSSR count). The molecule has 3 aromatic carbocycles. The van der Waals surface area contributed by atoms with Gasteiger partial charge in [0.2, 0.25) is 11.8 Å². The lowest BCUT2D eigenvalue weighted by Crippen LogP contribution is -2.52. The van der Waals surface area contributed by atoms with Gasteiger partial charge in [-0.05, 0) is 54.3 Å². The Morgan fingerprint density at radius 2 is 1.57 bits per heavy atom. The number of rotatable bonds is 10. The number of carbonyl (C=O) groups is 2. The zero-order valence-corrected chi connectivity index (χ0v) is 21.3. The van der Waals surface area contributed by atoms with E-state index < -0.39 is 6.04 Å². The van der Waals surface area contributed by atoms with Crippen LogP contribution in [0.25, 0.3) is 0 Å². The van der Waals surface area contributed by atoms with Crippen molar-refractivity contribution in [3.63, 3.8) is 0 Å². The Balaban J connectivity index is 1.98. The second kappa shape index (κ2) is 12.7. The van der Waals surface area contributed by atoms with Crippen LogP contribution in [0.4, 0.5) is 4.39 Å². The Kier molecular flexibility index (Phi) is 9.70. The van der Waals surface area contributed by atoms with Crippen molar-refractivity contribution in [1.82, 2.24) is 10.2 Å². The second-order valence-electron chi connectivity index (χ2n) is 8.60. The Labute approximate surface area is 216 Å². The van der Waals surface area contributed by atoms with E-state index in [2.05, 4.69) is 5.32 Å². The molecule has 0 saturated carbocycles. The standard InChI is InChI=1S/C28H29Cl2FN2O2/c1-3-19(2)32-28(35)26(16-20-7-5-4-6-8-20)33(18-22-11-14-24(29)25(30)15-22)27(34)17-21-9-12-23(31)13-10-21/h4-15,19,26H,3,16-18H2,1-2H3,(H,32,35)/t19-,26+/m0/s1. The van der Waals surface area contributed by atoms with Crippen molar-refractivity contribution in [2.24, 2.45) is 0 Å². The molecule has 0 unspecified atom stereocenters.